The molecule has 2 heterocycles. The molecule has 0 bridgehead atoms. The van der Waals surface area contributed by atoms with Crippen LogP contribution < -0.4 is 10.6 Å². The van der Waals surface area contributed by atoms with E-state index < -0.39 is 0 Å². The number of carbonyl (C=O) groups is 1. The van der Waals surface area contributed by atoms with Crippen molar-refractivity contribution in [1.82, 2.24) is 20.8 Å². The Morgan fingerprint density at radius 2 is 2.19 bits per heavy atom. The van der Waals surface area contributed by atoms with Crippen LogP contribution in [0.25, 0.3) is 0 Å². The fourth-order valence-corrected chi connectivity index (χ4v) is 3.27. The number of piperidine rings is 1. The van der Waals surface area contributed by atoms with E-state index >= 15 is 0 Å². The Morgan fingerprint density at radius 1 is 1.43 bits per heavy atom. The van der Waals surface area contributed by atoms with E-state index in [2.05, 4.69) is 27.8 Å². The molecular weight excluding hydrogens is 264 g/mol. The lowest BCUT2D eigenvalue weighted by Gasteiger charge is -2.36. The highest BCUT2D eigenvalue weighted by molar-refractivity contribution is 5.82. The van der Waals surface area contributed by atoms with Crippen molar-refractivity contribution in [2.24, 2.45) is 5.41 Å². The van der Waals surface area contributed by atoms with E-state index in [1.54, 1.807) is 0 Å². The summed E-state index contributed by atoms with van der Waals surface area (Å²) in [5.41, 5.74) is 2.24. The first-order chi connectivity index (χ1) is 10.2. The molecule has 2 rings (SSSR count). The monoisotopic (exact) mass is 292 g/mol. The maximum Gasteiger partial charge on any atom is 0.226 e. The highest BCUT2D eigenvalue weighted by atomic mass is 16.2. The second-order valence-electron chi connectivity index (χ2n) is 6.16. The van der Waals surface area contributed by atoms with Crippen LogP contribution in [0.4, 0.5) is 0 Å². The van der Waals surface area contributed by atoms with E-state index in [1.165, 1.54) is 5.56 Å². The first kappa shape index (κ1) is 16.0. The number of rotatable bonds is 7. The van der Waals surface area contributed by atoms with Gasteiger partial charge < -0.3 is 10.6 Å². The van der Waals surface area contributed by atoms with Crippen LogP contribution in [0.5, 0.6) is 0 Å². The van der Waals surface area contributed by atoms with Crippen molar-refractivity contribution in [3.63, 3.8) is 0 Å². The normalized spacial score (nSPS) is 17.6. The molecule has 0 unspecified atom stereocenters. The quantitative estimate of drug-likeness (QED) is 0.673. The fraction of sp³-hybridized carbons (Fsp3) is 0.750. The summed E-state index contributed by atoms with van der Waals surface area (Å²) in [6.45, 7) is 6.87. The molecule has 1 saturated heterocycles. The molecule has 1 aromatic rings. The Hall–Kier alpha value is -1.36. The highest BCUT2D eigenvalue weighted by Gasteiger charge is 2.38. The van der Waals surface area contributed by atoms with Gasteiger partial charge in [0.2, 0.25) is 5.91 Å². The number of hydrogen-bond acceptors (Lipinski definition) is 3. The smallest absolute Gasteiger partial charge is 0.226 e. The van der Waals surface area contributed by atoms with Gasteiger partial charge in [-0.1, -0.05) is 13.3 Å². The molecule has 0 radical (unpaired) electrons. The topological polar surface area (TPSA) is 69.8 Å². The van der Waals surface area contributed by atoms with Gasteiger partial charge in [-0.3, -0.25) is 9.89 Å². The zero-order valence-corrected chi connectivity index (χ0v) is 13.3. The molecule has 0 atom stereocenters. The molecule has 0 spiro atoms. The molecule has 0 saturated carbocycles. The number of nitrogens with zero attached hydrogens (tertiary/aromatic N) is 1. The summed E-state index contributed by atoms with van der Waals surface area (Å²) in [6.07, 6.45) is 7.81. The van der Waals surface area contributed by atoms with Crippen molar-refractivity contribution >= 4 is 5.91 Å². The SMILES string of the molecule is CCCC1(C(=O)NCCCc2cn[nH]c2C)CCNCC1. The molecule has 1 amide bonds. The molecule has 5 nitrogen and oxygen atoms in total. The lowest BCUT2D eigenvalue weighted by atomic mass is 9.74. The summed E-state index contributed by atoms with van der Waals surface area (Å²) in [5, 5.41) is 13.5. The zero-order valence-electron chi connectivity index (χ0n) is 13.3. The summed E-state index contributed by atoms with van der Waals surface area (Å²) in [5.74, 6) is 0.259. The van der Waals surface area contributed by atoms with Crippen LogP contribution in [0.3, 0.4) is 0 Å². The summed E-state index contributed by atoms with van der Waals surface area (Å²) >= 11 is 0. The number of aryl methyl sites for hydroxylation is 2. The van der Waals surface area contributed by atoms with E-state index in [0.717, 1.165) is 63.9 Å². The molecule has 5 heteroatoms. The molecule has 1 aliphatic heterocycles. The van der Waals surface area contributed by atoms with Crippen molar-refractivity contribution in [2.75, 3.05) is 19.6 Å². The van der Waals surface area contributed by atoms with Gasteiger partial charge in [0.15, 0.2) is 0 Å². The first-order valence-electron chi connectivity index (χ1n) is 8.16. The minimum absolute atomic E-state index is 0.133. The van der Waals surface area contributed by atoms with Crippen molar-refractivity contribution in [3.8, 4) is 0 Å². The van der Waals surface area contributed by atoms with Gasteiger partial charge in [0.25, 0.3) is 0 Å². The number of H-pyrrole nitrogens is 1. The Morgan fingerprint density at radius 3 is 2.81 bits per heavy atom. The largest absolute Gasteiger partial charge is 0.356 e. The highest BCUT2D eigenvalue weighted by Crippen LogP contribution is 2.34. The third kappa shape index (κ3) is 4.06. The molecule has 1 aliphatic rings. The maximum absolute atomic E-state index is 12.6. The van der Waals surface area contributed by atoms with Crippen LogP contribution in [0.1, 0.15) is 50.3 Å². The molecule has 0 aliphatic carbocycles. The summed E-state index contributed by atoms with van der Waals surface area (Å²) in [6, 6.07) is 0. The molecule has 1 fully saturated rings. The zero-order chi connectivity index (χ0) is 15.1. The molecule has 3 N–H and O–H groups in total. The van der Waals surface area contributed by atoms with E-state index in [-0.39, 0.29) is 11.3 Å². The van der Waals surface area contributed by atoms with Crippen LogP contribution in [0, 0.1) is 12.3 Å². The van der Waals surface area contributed by atoms with Gasteiger partial charge in [-0.25, -0.2) is 0 Å². The molecule has 21 heavy (non-hydrogen) atoms. The van der Waals surface area contributed by atoms with Gasteiger partial charge in [0.05, 0.1) is 11.6 Å². The van der Waals surface area contributed by atoms with Gasteiger partial charge in [-0.2, -0.15) is 5.10 Å². The minimum Gasteiger partial charge on any atom is -0.356 e. The minimum atomic E-state index is -0.133. The van der Waals surface area contributed by atoms with Gasteiger partial charge in [0.1, 0.15) is 0 Å². The number of carbonyl (C=O) groups excluding carboxylic acids is 1. The van der Waals surface area contributed by atoms with Crippen LogP contribution in [0.2, 0.25) is 0 Å². The van der Waals surface area contributed by atoms with Crippen molar-refractivity contribution in [1.29, 1.82) is 0 Å². The second kappa shape index (κ2) is 7.59. The van der Waals surface area contributed by atoms with Crippen molar-refractivity contribution in [3.05, 3.63) is 17.5 Å². The predicted octanol–water partition coefficient (Wildman–Crippen LogP) is 1.94. The van der Waals surface area contributed by atoms with Gasteiger partial charge in [-0.05, 0) is 57.7 Å². The van der Waals surface area contributed by atoms with Crippen LogP contribution >= 0.6 is 0 Å². The Labute approximate surface area is 127 Å². The average molecular weight is 292 g/mol. The number of nitrogens with one attached hydrogen (secondary N) is 3. The molecule has 1 aromatic heterocycles. The average Bonchev–Trinajstić information content (AvgIpc) is 2.90. The third-order valence-electron chi connectivity index (χ3n) is 4.61. The number of amides is 1. The number of hydrogen-bond donors (Lipinski definition) is 3. The lowest BCUT2D eigenvalue weighted by Crippen LogP contribution is -2.47. The van der Waals surface area contributed by atoms with Gasteiger partial charge >= 0.3 is 0 Å². The molecule has 0 aromatic carbocycles. The maximum atomic E-state index is 12.6. The van der Waals surface area contributed by atoms with Crippen LogP contribution in [-0.4, -0.2) is 35.7 Å². The van der Waals surface area contributed by atoms with Crippen molar-refractivity contribution < 1.29 is 4.79 Å². The third-order valence-corrected chi connectivity index (χ3v) is 4.61. The van der Waals surface area contributed by atoms with Gasteiger partial charge in [-0.15, -0.1) is 0 Å². The van der Waals surface area contributed by atoms with Crippen molar-refractivity contribution in [2.45, 2.75) is 52.4 Å². The predicted molar refractivity (Wildman–Crippen MR) is 84.1 cm³/mol. The van der Waals surface area contributed by atoms with E-state index in [0.29, 0.717) is 0 Å². The number of aromatic amines is 1. The second-order valence-corrected chi connectivity index (χ2v) is 6.16. The summed E-state index contributed by atoms with van der Waals surface area (Å²) in [4.78, 5) is 12.6. The lowest BCUT2D eigenvalue weighted by molar-refractivity contribution is -0.133. The fourth-order valence-electron chi connectivity index (χ4n) is 3.27. The summed E-state index contributed by atoms with van der Waals surface area (Å²) in [7, 11) is 0. The van der Waals surface area contributed by atoms with Crippen LogP contribution in [-0.2, 0) is 11.2 Å². The Bertz CT molecular complexity index is 443. The Balaban J connectivity index is 1.78. The van der Waals surface area contributed by atoms with E-state index in [1.807, 2.05) is 13.1 Å². The first-order valence-corrected chi connectivity index (χ1v) is 8.16. The molecule has 118 valence electrons. The van der Waals surface area contributed by atoms with Crippen LogP contribution in [0.15, 0.2) is 6.20 Å². The van der Waals surface area contributed by atoms with Gasteiger partial charge in [0, 0.05) is 12.2 Å². The molecular formula is C16H28N4O. The van der Waals surface area contributed by atoms with E-state index in [4.69, 9.17) is 0 Å². The summed E-state index contributed by atoms with van der Waals surface area (Å²) < 4.78 is 0. The standard InChI is InChI=1S/C16H28N4O/c1-3-6-16(7-10-17-11-8-16)15(21)18-9-4-5-14-12-19-20-13(14)2/h12,17H,3-11H2,1-2H3,(H,18,21)(H,19,20). The van der Waals surface area contributed by atoms with E-state index in [9.17, 15) is 4.79 Å². The Kier molecular flexibility index (Phi) is 5.79. The number of aromatic nitrogens is 2.